The number of hydrogen-bond acceptors (Lipinski definition) is 4. The molecule has 19 heavy (non-hydrogen) atoms. The molecule has 0 atom stereocenters. The van der Waals surface area contributed by atoms with Crippen LogP contribution in [0.4, 0.5) is 0 Å². The SMILES string of the molecule is O=S(=O)(CBr)NCC1CCN(S(=O)(=O)C2CC2)CC1. The predicted molar refractivity (Wildman–Crippen MR) is 77.0 cm³/mol. The Morgan fingerprint density at radius 3 is 2.11 bits per heavy atom. The van der Waals surface area contributed by atoms with Crippen molar-refractivity contribution in [3.8, 4) is 0 Å². The molecule has 9 heteroatoms. The Hall–Kier alpha value is 0.300. The molecule has 1 aliphatic carbocycles. The highest BCUT2D eigenvalue weighted by atomic mass is 79.9. The summed E-state index contributed by atoms with van der Waals surface area (Å²) in [5.41, 5.74) is 0. The summed E-state index contributed by atoms with van der Waals surface area (Å²) in [7, 11) is -6.30. The fourth-order valence-corrected chi connectivity index (χ4v) is 5.15. The quantitative estimate of drug-likeness (QED) is 0.684. The molecular weight excluding hydrogens is 356 g/mol. The van der Waals surface area contributed by atoms with Gasteiger partial charge in [-0.05, 0) is 31.6 Å². The summed E-state index contributed by atoms with van der Waals surface area (Å²) in [4.78, 5) is 0. The van der Waals surface area contributed by atoms with E-state index in [1.807, 2.05) is 0 Å². The molecule has 0 spiro atoms. The van der Waals surface area contributed by atoms with Crippen molar-refractivity contribution in [2.24, 2.45) is 5.92 Å². The number of hydrogen-bond donors (Lipinski definition) is 1. The molecule has 0 aromatic heterocycles. The first-order chi connectivity index (χ1) is 8.85. The fraction of sp³-hybridized carbons (Fsp3) is 1.00. The van der Waals surface area contributed by atoms with Gasteiger partial charge in [0.05, 0.1) is 5.25 Å². The third-order valence-electron chi connectivity index (χ3n) is 3.61. The van der Waals surface area contributed by atoms with E-state index in [1.165, 1.54) is 0 Å². The lowest BCUT2D eigenvalue weighted by Gasteiger charge is -2.31. The molecule has 0 bridgehead atoms. The largest absolute Gasteiger partial charge is 0.221 e. The van der Waals surface area contributed by atoms with Gasteiger partial charge in [0, 0.05) is 19.6 Å². The van der Waals surface area contributed by atoms with Crippen molar-refractivity contribution in [1.82, 2.24) is 9.03 Å². The Balaban J connectivity index is 1.80. The van der Waals surface area contributed by atoms with Crippen LogP contribution in [-0.2, 0) is 20.0 Å². The second-order valence-corrected chi connectivity index (χ2v) is 10.5. The Kier molecular flexibility index (Phi) is 4.92. The lowest BCUT2D eigenvalue weighted by Crippen LogP contribution is -2.42. The van der Waals surface area contributed by atoms with E-state index in [2.05, 4.69) is 20.7 Å². The average Bonchev–Trinajstić information content (AvgIpc) is 3.22. The lowest BCUT2D eigenvalue weighted by molar-refractivity contribution is 0.274. The normalized spacial score (nSPS) is 23.6. The number of rotatable bonds is 6. The second kappa shape index (κ2) is 5.97. The van der Waals surface area contributed by atoms with Crippen LogP contribution in [0.25, 0.3) is 0 Å². The van der Waals surface area contributed by atoms with E-state index in [9.17, 15) is 16.8 Å². The van der Waals surface area contributed by atoms with E-state index in [0.29, 0.717) is 19.6 Å². The molecule has 0 radical (unpaired) electrons. The van der Waals surface area contributed by atoms with Gasteiger partial charge in [-0.1, -0.05) is 15.9 Å². The highest BCUT2D eigenvalue weighted by molar-refractivity contribution is 9.10. The Morgan fingerprint density at radius 2 is 1.63 bits per heavy atom. The van der Waals surface area contributed by atoms with Crippen LogP contribution in [0.1, 0.15) is 25.7 Å². The molecule has 112 valence electrons. The first kappa shape index (κ1) is 15.7. The summed E-state index contributed by atoms with van der Waals surface area (Å²) >= 11 is 2.92. The van der Waals surface area contributed by atoms with E-state index < -0.39 is 20.0 Å². The number of alkyl halides is 1. The van der Waals surface area contributed by atoms with Gasteiger partial charge in [0.15, 0.2) is 0 Å². The Morgan fingerprint density at radius 1 is 1.05 bits per heavy atom. The van der Waals surface area contributed by atoms with Gasteiger partial charge in [0.25, 0.3) is 0 Å². The molecule has 1 N–H and O–H groups in total. The van der Waals surface area contributed by atoms with Crippen molar-refractivity contribution >= 4 is 36.0 Å². The van der Waals surface area contributed by atoms with Gasteiger partial charge in [-0.25, -0.2) is 25.9 Å². The van der Waals surface area contributed by atoms with Crippen molar-refractivity contribution < 1.29 is 16.8 Å². The van der Waals surface area contributed by atoms with Crippen LogP contribution >= 0.6 is 15.9 Å². The lowest BCUT2D eigenvalue weighted by atomic mass is 9.99. The van der Waals surface area contributed by atoms with Crippen molar-refractivity contribution in [2.45, 2.75) is 30.9 Å². The maximum atomic E-state index is 12.0. The van der Waals surface area contributed by atoms with Crippen LogP contribution in [0, 0.1) is 5.92 Å². The Bertz CT molecular complexity index is 508. The zero-order valence-corrected chi connectivity index (χ0v) is 13.8. The van der Waals surface area contributed by atoms with Crippen LogP contribution in [-0.4, -0.2) is 50.7 Å². The molecule has 2 aliphatic rings. The maximum absolute atomic E-state index is 12.0. The van der Waals surface area contributed by atoms with E-state index in [0.717, 1.165) is 25.7 Å². The molecule has 0 unspecified atom stereocenters. The zero-order valence-electron chi connectivity index (χ0n) is 10.6. The molecule has 6 nitrogen and oxygen atoms in total. The van der Waals surface area contributed by atoms with E-state index >= 15 is 0 Å². The third kappa shape index (κ3) is 4.13. The van der Waals surface area contributed by atoms with Crippen molar-refractivity contribution in [2.75, 3.05) is 24.3 Å². The van der Waals surface area contributed by atoms with E-state index in [4.69, 9.17) is 0 Å². The molecule has 1 aliphatic heterocycles. The standard InChI is InChI=1S/C10H19BrN2O4S2/c11-8-18(14,15)12-7-9-3-5-13(6-4-9)19(16,17)10-1-2-10/h9-10,12H,1-8H2. The summed E-state index contributed by atoms with van der Waals surface area (Å²) in [5.74, 6) is 0.222. The molecule has 1 saturated heterocycles. The average molecular weight is 375 g/mol. The molecule has 1 saturated carbocycles. The number of nitrogens with zero attached hydrogens (tertiary/aromatic N) is 1. The molecular formula is C10H19BrN2O4S2. The minimum atomic E-state index is -3.23. The Labute approximate surface area is 123 Å². The smallest absolute Gasteiger partial charge is 0.214 e. The molecule has 0 aromatic rings. The highest BCUT2D eigenvalue weighted by Crippen LogP contribution is 2.33. The maximum Gasteiger partial charge on any atom is 0.221 e. The topological polar surface area (TPSA) is 83.6 Å². The zero-order chi connectivity index (χ0) is 14.1. The van der Waals surface area contributed by atoms with Crippen LogP contribution in [0.3, 0.4) is 0 Å². The summed E-state index contributed by atoms with van der Waals surface area (Å²) in [6.07, 6.45) is 3.01. The van der Waals surface area contributed by atoms with Crippen LogP contribution < -0.4 is 4.72 Å². The molecule has 2 rings (SSSR count). The third-order valence-corrected chi connectivity index (χ3v) is 8.72. The van der Waals surface area contributed by atoms with Crippen LogP contribution in [0.2, 0.25) is 0 Å². The minimum Gasteiger partial charge on any atom is -0.214 e. The van der Waals surface area contributed by atoms with Gasteiger partial charge in [-0.15, -0.1) is 0 Å². The van der Waals surface area contributed by atoms with Gasteiger partial charge in [0.2, 0.25) is 20.0 Å². The highest BCUT2D eigenvalue weighted by Gasteiger charge is 2.41. The van der Waals surface area contributed by atoms with E-state index in [-0.39, 0.29) is 15.8 Å². The van der Waals surface area contributed by atoms with Crippen molar-refractivity contribution in [1.29, 1.82) is 0 Å². The van der Waals surface area contributed by atoms with Gasteiger partial charge >= 0.3 is 0 Å². The van der Waals surface area contributed by atoms with E-state index in [1.54, 1.807) is 4.31 Å². The molecule has 2 fully saturated rings. The summed E-state index contributed by atoms with van der Waals surface area (Å²) < 4.78 is 50.6. The number of halogens is 1. The monoisotopic (exact) mass is 374 g/mol. The van der Waals surface area contributed by atoms with Gasteiger partial charge in [-0.3, -0.25) is 0 Å². The number of sulfonamides is 2. The molecule has 0 amide bonds. The second-order valence-electron chi connectivity index (χ2n) is 5.16. The van der Waals surface area contributed by atoms with Crippen LogP contribution in [0.5, 0.6) is 0 Å². The summed E-state index contributed by atoms with van der Waals surface area (Å²) in [6, 6.07) is 0. The number of nitrogens with one attached hydrogen (secondary N) is 1. The first-order valence-corrected chi connectivity index (χ1v) is 10.6. The van der Waals surface area contributed by atoms with Crippen LogP contribution in [0.15, 0.2) is 0 Å². The van der Waals surface area contributed by atoms with Gasteiger partial charge in [-0.2, -0.15) is 0 Å². The van der Waals surface area contributed by atoms with Gasteiger partial charge < -0.3 is 0 Å². The minimum absolute atomic E-state index is 0.102. The molecule has 1 heterocycles. The summed E-state index contributed by atoms with van der Waals surface area (Å²) in [6.45, 7) is 1.42. The van der Waals surface area contributed by atoms with Gasteiger partial charge in [0.1, 0.15) is 4.66 Å². The van der Waals surface area contributed by atoms with Crippen molar-refractivity contribution in [3.63, 3.8) is 0 Å². The summed E-state index contributed by atoms with van der Waals surface area (Å²) in [5, 5.41) is -0.157. The molecule has 0 aromatic carbocycles. The fourth-order valence-electron chi connectivity index (χ4n) is 2.23. The van der Waals surface area contributed by atoms with Crippen molar-refractivity contribution in [3.05, 3.63) is 0 Å². The number of piperidine rings is 1. The predicted octanol–water partition coefficient (Wildman–Crippen LogP) is 0.462. The first-order valence-electron chi connectivity index (χ1n) is 6.37.